The Labute approximate surface area is 178 Å². The van der Waals surface area contributed by atoms with Gasteiger partial charge in [-0.25, -0.2) is 9.78 Å². The maximum atomic E-state index is 12.0. The third-order valence-electron chi connectivity index (χ3n) is 6.22. The number of fused-ring (bicyclic) bond motifs is 1. The SMILES string of the molecule is COC(=O)c1ccc2c(c1)nc(Nc1ccc(C(C)C)cc1)n2C1CCCC(C)C1. The normalized spacial score (nSPS) is 19.2. The number of benzene rings is 2. The molecule has 158 valence electrons. The van der Waals surface area contributed by atoms with Gasteiger partial charge in [-0.15, -0.1) is 0 Å². The molecule has 1 N–H and O–H groups in total. The van der Waals surface area contributed by atoms with E-state index in [4.69, 9.17) is 9.72 Å². The number of esters is 1. The van der Waals surface area contributed by atoms with Gasteiger partial charge in [0.1, 0.15) is 0 Å². The summed E-state index contributed by atoms with van der Waals surface area (Å²) in [6.45, 7) is 6.73. The van der Waals surface area contributed by atoms with E-state index in [1.807, 2.05) is 18.2 Å². The second-order valence-corrected chi connectivity index (χ2v) is 8.83. The van der Waals surface area contributed by atoms with Crippen LogP contribution in [0.3, 0.4) is 0 Å². The molecule has 1 heterocycles. The number of nitrogens with one attached hydrogen (secondary N) is 1. The number of rotatable bonds is 5. The molecule has 1 aromatic heterocycles. The van der Waals surface area contributed by atoms with Gasteiger partial charge >= 0.3 is 5.97 Å². The molecule has 1 saturated carbocycles. The van der Waals surface area contributed by atoms with Crippen LogP contribution in [0.4, 0.5) is 11.6 Å². The highest BCUT2D eigenvalue weighted by Crippen LogP contribution is 2.37. The fraction of sp³-hybridized carbons (Fsp3) is 0.440. The molecular weight excluding hydrogens is 374 g/mol. The van der Waals surface area contributed by atoms with Crippen molar-refractivity contribution in [1.82, 2.24) is 9.55 Å². The highest BCUT2D eigenvalue weighted by molar-refractivity contribution is 5.94. The molecule has 3 aromatic rings. The summed E-state index contributed by atoms with van der Waals surface area (Å²) in [5.41, 5.74) is 4.74. The summed E-state index contributed by atoms with van der Waals surface area (Å²) in [6.07, 6.45) is 4.81. The summed E-state index contributed by atoms with van der Waals surface area (Å²) in [6, 6.07) is 14.6. The second-order valence-electron chi connectivity index (χ2n) is 8.83. The fourth-order valence-corrected chi connectivity index (χ4v) is 4.52. The van der Waals surface area contributed by atoms with Crippen LogP contribution in [-0.4, -0.2) is 22.6 Å². The van der Waals surface area contributed by atoms with Crippen molar-refractivity contribution in [3.63, 3.8) is 0 Å². The molecule has 0 radical (unpaired) electrons. The summed E-state index contributed by atoms with van der Waals surface area (Å²) in [7, 11) is 1.41. The molecule has 2 aromatic carbocycles. The van der Waals surface area contributed by atoms with Gasteiger partial charge in [-0.3, -0.25) is 0 Å². The maximum Gasteiger partial charge on any atom is 0.337 e. The van der Waals surface area contributed by atoms with E-state index < -0.39 is 0 Å². The summed E-state index contributed by atoms with van der Waals surface area (Å²) in [5.74, 6) is 1.71. The van der Waals surface area contributed by atoms with Gasteiger partial charge in [-0.05, 0) is 60.6 Å². The molecule has 4 rings (SSSR count). The monoisotopic (exact) mass is 405 g/mol. The standard InChI is InChI=1S/C25H31N3O2/c1-16(2)18-8-11-20(12-9-18)26-25-27-22-15-19(24(29)30-4)10-13-23(22)28(25)21-7-5-6-17(3)14-21/h8-13,15-17,21H,5-7,14H2,1-4H3,(H,26,27). The van der Waals surface area contributed by atoms with Crippen LogP contribution in [0.15, 0.2) is 42.5 Å². The number of hydrogen-bond acceptors (Lipinski definition) is 4. The summed E-state index contributed by atoms with van der Waals surface area (Å²) >= 11 is 0. The minimum Gasteiger partial charge on any atom is -0.465 e. The van der Waals surface area contributed by atoms with E-state index in [1.165, 1.54) is 25.5 Å². The fourth-order valence-electron chi connectivity index (χ4n) is 4.52. The van der Waals surface area contributed by atoms with Crippen LogP contribution in [-0.2, 0) is 4.74 Å². The molecule has 1 aliphatic carbocycles. The predicted octanol–water partition coefficient (Wildman–Crippen LogP) is 6.44. The van der Waals surface area contributed by atoms with Gasteiger partial charge in [0, 0.05) is 11.7 Å². The number of anilines is 2. The number of aromatic nitrogens is 2. The van der Waals surface area contributed by atoms with Crippen LogP contribution in [0.2, 0.25) is 0 Å². The molecule has 0 bridgehead atoms. The second kappa shape index (κ2) is 8.50. The maximum absolute atomic E-state index is 12.0. The van der Waals surface area contributed by atoms with Gasteiger partial charge in [0.2, 0.25) is 5.95 Å². The van der Waals surface area contributed by atoms with Crippen LogP contribution in [0.1, 0.15) is 74.3 Å². The lowest BCUT2D eigenvalue weighted by Gasteiger charge is -2.29. The Morgan fingerprint density at radius 3 is 2.60 bits per heavy atom. The highest BCUT2D eigenvalue weighted by Gasteiger charge is 2.25. The zero-order chi connectivity index (χ0) is 21.3. The van der Waals surface area contributed by atoms with Crippen LogP contribution in [0, 0.1) is 5.92 Å². The van der Waals surface area contributed by atoms with E-state index >= 15 is 0 Å². The van der Waals surface area contributed by atoms with Crippen molar-refractivity contribution in [3.05, 3.63) is 53.6 Å². The number of nitrogens with zero attached hydrogens (tertiary/aromatic N) is 2. The van der Waals surface area contributed by atoms with E-state index in [0.717, 1.165) is 35.5 Å². The first-order valence-corrected chi connectivity index (χ1v) is 10.9. The first-order chi connectivity index (χ1) is 14.5. The summed E-state index contributed by atoms with van der Waals surface area (Å²) < 4.78 is 7.23. The Morgan fingerprint density at radius 2 is 1.93 bits per heavy atom. The molecule has 2 unspecified atom stereocenters. The van der Waals surface area contributed by atoms with Crippen LogP contribution < -0.4 is 5.32 Å². The van der Waals surface area contributed by atoms with Crippen molar-refractivity contribution >= 4 is 28.6 Å². The number of carbonyl (C=O) groups is 1. The average Bonchev–Trinajstić information content (AvgIpc) is 3.10. The molecule has 5 nitrogen and oxygen atoms in total. The first kappa shape index (κ1) is 20.5. The minimum atomic E-state index is -0.337. The van der Waals surface area contributed by atoms with Gasteiger partial charge in [0.25, 0.3) is 0 Å². The molecule has 0 saturated heterocycles. The lowest BCUT2D eigenvalue weighted by atomic mass is 9.87. The Hall–Kier alpha value is -2.82. The van der Waals surface area contributed by atoms with Crippen molar-refractivity contribution in [3.8, 4) is 0 Å². The Kier molecular flexibility index (Phi) is 5.80. The summed E-state index contributed by atoms with van der Waals surface area (Å²) in [4.78, 5) is 16.9. The van der Waals surface area contributed by atoms with E-state index in [2.05, 4.69) is 54.9 Å². The Morgan fingerprint density at radius 1 is 1.17 bits per heavy atom. The predicted molar refractivity (Wildman–Crippen MR) is 122 cm³/mol. The van der Waals surface area contributed by atoms with Crippen molar-refractivity contribution in [2.24, 2.45) is 5.92 Å². The van der Waals surface area contributed by atoms with Gasteiger partial charge < -0.3 is 14.6 Å². The zero-order valence-electron chi connectivity index (χ0n) is 18.3. The molecule has 30 heavy (non-hydrogen) atoms. The Balaban J connectivity index is 1.75. The molecule has 1 fully saturated rings. The van der Waals surface area contributed by atoms with Gasteiger partial charge in [0.15, 0.2) is 0 Å². The number of methoxy groups -OCH3 is 1. The molecule has 0 aliphatic heterocycles. The molecular formula is C25H31N3O2. The number of ether oxygens (including phenoxy) is 1. The molecule has 0 amide bonds. The largest absolute Gasteiger partial charge is 0.465 e. The van der Waals surface area contributed by atoms with Crippen molar-refractivity contribution in [1.29, 1.82) is 0 Å². The van der Waals surface area contributed by atoms with Crippen molar-refractivity contribution in [2.45, 2.75) is 58.4 Å². The Bertz CT molecular complexity index is 1040. The molecule has 1 aliphatic rings. The molecule has 2 atom stereocenters. The third-order valence-corrected chi connectivity index (χ3v) is 6.22. The number of hydrogen-bond donors (Lipinski definition) is 1. The van der Waals surface area contributed by atoms with Gasteiger partial charge in [-0.2, -0.15) is 0 Å². The lowest BCUT2D eigenvalue weighted by Crippen LogP contribution is -2.19. The van der Waals surface area contributed by atoms with Crippen molar-refractivity contribution < 1.29 is 9.53 Å². The lowest BCUT2D eigenvalue weighted by molar-refractivity contribution is 0.0601. The quantitative estimate of drug-likeness (QED) is 0.496. The van der Waals surface area contributed by atoms with Gasteiger partial charge in [0.05, 0.1) is 23.7 Å². The van der Waals surface area contributed by atoms with Crippen LogP contribution in [0.5, 0.6) is 0 Å². The van der Waals surface area contributed by atoms with E-state index in [1.54, 1.807) is 0 Å². The number of imidazole rings is 1. The van der Waals surface area contributed by atoms with E-state index in [-0.39, 0.29) is 5.97 Å². The first-order valence-electron chi connectivity index (χ1n) is 10.9. The molecule has 5 heteroatoms. The average molecular weight is 406 g/mol. The van der Waals surface area contributed by atoms with Crippen LogP contribution >= 0.6 is 0 Å². The van der Waals surface area contributed by atoms with Gasteiger partial charge in [-0.1, -0.05) is 45.7 Å². The van der Waals surface area contributed by atoms with E-state index in [0.29, 0.717) is 23.4 Å². The van der Waals surface area contributed by atoms with Crippen molar-refractivity contribution in [2.75, 3.05) is 12.4 Å². The highest BCUT2D eigenvalue weighted by atomic mass is 16.5. The minimum absolute atomic E-state index is 0.337. The third kappa shape index (κ3) is 4.07. The van der Waals surface area contributed by atoms with E-state index in [9.17, 15) is 4.79 Å². The zero-order valence-corrected chi connectivity index (χ0v) is 18.3. The smallest absolute Gasteiger partial charge is 0.337 e. The summed E-state index contributed by atoms with van der Waals surface area (Å²) in [5, 5.41) is 3.54. The topological polar surface area (TPSA) is 56.1 Å². The van der Waals surface area contributed by atoms with Crippen LogP contribution in [0.25, 0.3) is 11.0 Å². The number of carbonyl (C=O) groups excluding carboxylic acids is 1. The molecule has 0 spiro atoms.